The Balaban J connectivity index is 1.60. The fourth-order valence-corrected chi connectivity index (χ4v) is 3.34. The average Bonchev–Trinajstić information content (AvgIpc) is 3.03. The number of nitrogens with zero attached hydrogens (tertiary/aromatic N) is 1. The largest absolute Gasteiger partial charge is 0.294 e. The Labute approximate surface area is 139 Å². The van der Waals surface area contributed by atoms with E-state index in [9.17, 15) is 4.79 Å². The number of Topliss-reactive ketones (excluding diaryl/α,β-unsaturated/α-hetero) is 1. The summed E-state index contributed by atoms with van der Waals surface area (Å²) in [5, 5.41) is 0. The lowest BCUT2D eigenvalue weighted by Gasteiger charge is -2.07. The van der Waals surface area contributed by atoms with Crippen LogP contribution >= 0.6 is 15.9 Å². The Hall–Kier alpha value is -1.74. The molecule has 0 radical (unpaired) electrons. The van der Waals surface area contributed by atoms with E-state index in [1.165, 1.54) is 11.3 Å². The van der Waals surface area contributed by atoms with E-state index in [1.54, 1.807) is 0 Å². The molecule has 0 bridgehead atoms. The Kier molecular flexibility index (Phi) is 4.84. The summed E-state index contributed by atoms with van der Waals surface area (Å²) in [6.45, 7) is 0. The number of hydrogen-bond donors (Lipinski definition) is 0. The van der Waals surface area contributed by atoms with Gasteiger partial charge in [0.05, 0.1) is 6.04 Å². The van der Waals surface area contributed by atoms with Crippen LogP contribution in [0.1, 0.15) is 41.6 Å². The summed E-state index contributed by atoms with van der Waals surface area (Å²) in [6, 6.07) is 18.2. The van der Waals surface area contributed by atoms with Crippen molar-refractivity contribution in [2.45, 2.75) is 31.7 Å². The van der Waals surface area contributed by atoms with Gasteiger partial charge in [-0.05, 0) is 30.9 Å². The molecule has 1 aliphatic heterocycles. The maximum absolute atomic E-state index is 12.3. The molecule has 0 N–H and O–H groups in total. The summed E-state index contributed by atoms with van der Waals surface area (Å²) in [6.07, 6.45) is 3.45. The van der Waals surface area contributed by atoms with Crippen LogP contribution in [0.4, 0.5) is 0 Å². The first kappa shape index (κ1) is 15.2. The number of halogens is 1. The van der Waals surface area contributed by atoms with Crippen molar-refractivity contribution in [1.29, 1.82) is 0 Å². The molecule has 22 heavy (non-hydrogen) atoms. The zero-order valence-electron chi connectivity index (χ0n) is 12.3. The van der Waals surface area contributed by atoms with Crippen molar-refractivity contribution < 1.29 is 4.79 Å². The van der Waals surface area contributed by atoms with Crippen LogP contribution < -0.4 is 0 Å². The van der Waals surface area contributed by atoms with Gasteiger partial charge in [-0.3, -0.25) is 9.79 Å². The highest BCUT2D eigenvalue weighted by atomic mass is 79.9. The van der Waals surface area contributed by atoms with Crippen LogP contribution in [-0.2, 0) is 0 Å². The smallest absolute Gasteiger partial charge is 0.164 e. The first-order valence-electron chi connectivity index (χ1n) is 7.64. The fraction of sp³-hybridized carbons (Fsp3) is 0.263. The molecule has 0 spiro atoms. The molecule has 112 valence electrons. The molecule has 2 aromatic carbocycles. The van der Waals surface area contributed by atoms with Gasteiger partial charge in [-0.2, -0.15) is 0 Å². The van der Waals surface area contributed by atoms with Crippen LogP contribution in [0.2, 0.25) is 0 Å². The maximum atomic E-state index is 12.3. The van der Waals surface area contributed by atoms with E-state index >= 15 is 0 Å². The first-order chi connectivity index (χ1) is 10.7. The van der Waals surface area contributed by atoms with E-state index in [4.69, 9.17) is 4.99 Å². The second-order valence-electron chi connectivity index (χ2n) is 5.58. The molecular formula is C19H18BrNO. The van der Waals surface area contributed by atoms with Crippen molar-refractivity contribution in [1.82, 2.24) is 0 Å². The molecule has 1 atom stereocenters. The minimum atomic E-state index is 0.191. The van der Waals surface area contributed by atoms with Gasteiger partial charge in [0.1, 0.15) is 0 Å². The molecule has 0 amide bonds. The lowest BCUT2D eigenvalue weighted by molar-refractivity contribution is 0.0977. The average molecular weight is 356 g/mol. The monoisotopic (exact) mass is 355 g/mol. The molecule has 2 aromatic rings. The van der Waals surface area contributed by atoms with Crippen molar-refractivity contribution in [3.05, 3.63) is 70.2 Å². The predicted molar refractivity (Wildman–Crippen MR) is 93.7 cm³/mol. The van der Waals surface area contributed by atoms with Crippen LogP contribution in [0, 0.1) is 0 Å². The van der Waals surface area contributed by atoms with Gasteiger partial charge < -0.3 is 0 Å². The molecule has 0 fully saturated rings. The summed E-state index contributed by atoms with van der Waals surface area (Å²) in [5.74, 6) is 0.191. The Morgan fingerprint density at radius 3 is 2.59 bits per heavy atom. The molecule has 3 rings (SSSR count). The van der Waals surface area contributed by atoms with Crippen LogP contribution in [0.25, 0.3) is 0 Å². The highest BCUT2D eigenvalue weighted by molar-refractivity contribution is 9.10. The summed E-state index contributed by atoms with van der Waals surface area (Å²) >= 11 is 3.44. The van der Waals surface area contributed by atoms with Gasteiger partial charge in [0.15, 0.2) is 5.78 Å². The third kappa shape index (κ3) is 3.53. The van der Waals surface area contributed by atoms with Crippen LogP contribution in [0.15, 0.2) is 64.1 Å². The molecule has 0 saturated carbocycles. The SMILES string of the molecule is O=C(CCC1CCC(c2ccccc2)=N1)c1ccccc1Br. The van der Waals surface area contributed by atoms with Crippen LogP contribution in [0.5, 0.6) is 0 Å². The number of carbonyl (C=O) groups is 1. The molecule has 1 unspecified atom stereocenters. The van der Waals surface area contributed by atoms with Gasteiger partial charge >= 0.3 is 0 Å². The van der Waals surface area contributed by atoms with E-state index in [1.807, 2.05) is 42.5 Å². The zero-order chi connectivity index (χ0) is 15.4. The summed E-state index contributed by atoms with van der Waals surface area (Å²) in [4.78, 5) is 17.1. The highest BCUT2D eigenvalue weighted by Gasteiger charge is 2.20. The Morgan fingerprint density at radius 1 is 1.09 bits per heavy atom. The van der Waals surface area contributed by atoms with Gasteiger partial charge in [0.2, 0.25) is 0 Å². The van der Waals surface area contributed by atoms with E-state index in [2.05, 4.69) is 28.1 Å². The molecule has 1 aliphatic rings. The number of rotatable bonds is 5. The van der Waals surface area contributed by atoms with Gasteiger partial charge in [-0.1, -0.05) is 64.5 Å². The maximum Gasteiger partial charge on any atom is 0.164 e. The summed E-state index contributed by atoms with van der Waals surface area (Å²) < 4.78 is 0.875. The Morgan fingerprint density at radius 2 is 1.82 bits per heavy atom. The van der Waals surface area contributed by atoms with Gasteiger partial charge in [0.25, 0.3) is 0 Å². The van der Waals surface area contributed by atoms with Crippen molar-refractivity contribution in [3.63, 3.8) is 0 Å². The topological polar surface area (TPSA) is 29.4 Å². The predicted octanol–water partition coefficient (Wildman–Crippen LogP) is 5.06. The Bertz CT molecular complexity index is 694. The first-order valence-corrected chi connectivity index (χ1v) is 8.43. The molecule has 0 saturated heterocycles. The van der Waals surface area contributed by atoms with Gasteiger partial charge in [-0.15, -0.1) is 0 Å². The van der Waals surface area contributed by atoms with Crippen LogP contribution in [-0.4, -0.2) is 17.5 Å². The second-order valence-corrected chi connectivity index (χ2v) is 6.43. The second kappa shape index (κ2) is 7.01. The van der Waals surface area contributed by atoms with E-state index in [0.717, 1.165) is 29.3 Å². The zero-order valence-corrected chi connectivity index (χ0v) is 13.9. The lowest BCUT2D eigenvalue weighted by Crippen LogP contribution is -2.06. The van der Waals surface area contributed by atoms with Crippen molar-refractivity contribution in [3.8, 4) is 0 Å². The minimum absolute atomic E-state index is 0.191. The third-order valence-electron chi connectivity index (χ3n) is 4.04. The molecule has 2 nitrogen and oxygen atoms in total. The molecular weight excluding hydrogens is 338 g/mol. The van der Waals surface area contributed by atoms with Gasteiger partial charge in [-0.25, -0.2) is 0 Å². The van der Waals surface area contributed by atoms with Crippen LogP contribution in [0.3, 0.4) is 0 Å². The number of hydrogen-bond acceptors (Lipinski definition) is 2. The number of aliphatic imine (C=N–C) groups is 1. The normalized spacial score (nSPS) is 17.3. The lowest BCUT2D eigenvalue weighted by atomic mass is 10.0. The third-order valence-corrected chi connectivity index (χ3v) is 4.73. The van der Waals surface area contributed by atoms with E-state index in [0.29, 0.717) is 6.42 Å². The van der Waals surface area contributed by atoms with E-state index < -0.39 is 0 Å². The molecule has 3 heteroatoms. The molecule has 1 heterocycles. The van der Waals surface area contributed by atoms with Crippen molar-refractivity contribution in [2.24, 2.45) is 4.99 Å². The molecule has 0 aromatic heterocycles. The van der Waals surface area contributed by atoms with Crippen molar-refractivity contribution in [2.75, 3.05) is 0 Å². The summed E-state index contributed by atoms with van der Waals surface area (Å²) in [7, 11) is 0. The summed E-state index contributed by atoms with van der Waals surface area (Å²) in [5.41, 5.74) is 3.16. The standard InChI is InChI=1S/C19H18BrNO/c20-17-9-5-4-8-16(17)19(22)13-11-15-10-12-18(21-15)14-6-2-1-3-7-14/h1-9,15H,10-13H2. The quantitative estimate of drug-likeness (QED) is 0.689. The number of ketones is 1. The number of benzene rings is 2. The highest BCUT2D eigenvalue weighted by Crippen LogP contribution is 2.24. The fourth-order valence-electron chi connectivity index (χ4n) is 2.83. The van der Waals surface area contributed by atoms with E-state index in [-0.39, 0.29) is 11.8 Å². The van der Waals surface area contributed by atoms with Crippen molar-refractivity contribution >= 4 is 27.4 Å². The molecule has 0 aliphatic carbocycles. The van der Waals surface area contributed by atoms with Gasteiger partial charge in [0, 0.05) is 22.2 Å². The number of carbonyl (C=O) groups excluding carboxylic acids is 1. The minimum Gasteiger partial charge on any atom is -0.294 e.